The van der Waals surface area contributed by atoms with Gasteiger partial charge in [-0.1, -0.05) is 19.3 Å². The molecule has 0 saturated heterocycles. The van der Waals surface area contributed by atoms with Crippen LogP contribution in [0, 0.1) is 11.3 Å². The molecule has 2 N–H and O–H groups in total. The summed E-state index contributed by atoms with van der Waals surface area (Å²) in [5.74, 6) is 0.313. The number of hydrogen-bond donors (Lipinski definition) is 2. The monoisotopic (exact) mass is 244 g/mol. The molecule has 0 atom stereocenters. The molecule has 5 nitrogen and oxygen atoms in total. The van der Waals surface area contributed by atoms with Crippen molar-refractivity contribution in [3.63, 3.8) is 0 Å². The number of rotatable bonds is 2. The lowest BCUT2D eigenvalue weighted by atomic mass is 9.96. The standard InChI is InChI=1S/C13H16N4O/c14-9-10-5-4-8-15-12(10)17-13(18)16-11-6-2-1-3-7-11/h4-5,8,11H,1-3,6-7H2,(H2,15,16,17,18). The number of carbonyl (C=O) groups is 1. The number of nitrogens with zero attached hydrogens (tertiary/aromatic N) is 2. The first-order chi connectivity index (χ1) is 8.79. The molecule has 2 rings (SSSR count). The molecule has 0 unspecified atom stereocenters. The van der Waals surface area contributed by atoms with E-state index in [1.165, 1.54) is 6.42 Å². The second kappa shape index (κ2) is 6.01. The van der Waals surface area contributed by atoms with Crippen LogP contribution in [0.2, 0.25) is 0 Å². The summed E-state index contributed by atoms with van der Waals surface area (Å²) >= 11 is 0. The first kappa shape index (κ1) is 12.4. The molecular weight excluding hydrogens is 228 g/mol. The lowest BCUT2D eigenvalue weighted by Crippen LogP contribution is -2.39. The minimum atomic E-state index is -0.280. The quantitative estimate of drug-likeness (QED) is 0.838. The van der Waals surface area contributed by atoms with Crippen LogP contribution in [-0.4, -0.2) is 17.1 Å². The summed E-state index contributed by atoms with van der Waals surface area (Å²) in [6, 6.07) is 5.26. The third-order valence-corrected chi connectivity index (χ3v) is 3.10. The number of aromatic nitrogens is 1. The molecule has 1 aromatic rings. The molecule has 18 heavy (non-hydrogen) atoms. The van der Waals surface area contributed by atoms with Gasteiger partial charge in [0.05, 0.1) is 5.56 Å². The predicted octanol–water partition coefficient (Wildman–Crippen LogP) is 2.41. The van der Waals surface area contributed by atoms with Gasteiger partial charge in [-0.2, -0.15) is 5.26 Å². The Labute approximate surface area is 106 Å². The molecule has 1 fully saturated rings. The summed E-state index contributed by atoms with van der Waals surface area (Å²) in [6.45, 7) is 0. The summed E-state index contributed by atoms with van der Waals surface area (Å²) in [6.07, 6.45) is 7.19. The summed E-state index contributed by atoms with van der Waals surface area (Å²) in [5.41, 5.74) is 0.372. The van der Waals surface area contributed by atoms with Crippen molar-refractivity contribution in [2.75, 3.05) is 5.32 Å². The Hall–Kier alpha value is -2.09. The summed E-state index contributed by atoms with van der Waals surface area (Å²) < 4.78 is 0. The highest BCUT2D eigenvalue weighted by Gasteiger charge is 2.16. The van der Waals surface area contributed by atoms with E-state index >= 15 is 0 Å². The van der Waals surface area contributed by atoms with Crippen LogP contribution in [0.3, 0.4) is 0 Å². The molecule has 0 aliphatic heterocycles. The van der Waals surface area contributed by atoms with Gasteiger partial charge in [-0.3, -0.25) is 5.32 Å². The largest absolute Gasteiger partial charge is 0.335 e. The van der Waals surface area contributed by atoms with Crippen LogP contribution in [0.4, 0.5) is 10.6 Å². The Morgan fingerprint density at radius 3 is 2.89 bits per heavy atom. The van der Waals surface area contributed by atoms with E-state index in [0.29, 0.717) is 11.4 Å². The molecule has 0 bridgehead atoms. The predicted molar refractivity (Wildman–Crippen MR) is 68.0 cm³/mol. The van der Waals surface area contributed by atoms with Gasteiger partial charge in [-0.25, -0.2) is 9.78 Å². The van der Waals surface area contributed by atoms with Crippen LogP contribution in [0.5, 0.6) is 0 Å². The van der Waals surface area contributed by atoms with Gasteiger partial charge in [0.15, 0.2) is 5.82 Å². The van der Waals surface area contributed by atoms with E-state index in [1.807, 2.05) is 6.07 Å². The third kappa shape index (κ3) is 3.20. The average molecular weight is 244 g/mol. The molecule has 1 aliphatic carbocycles. The van der Waals surface area contributed by atoms with Gasteiger partial charge < -0.3 is 5.32 Å². The zero-order valence-electron chi connectivity index (χ0n) is 10.1. The van der Waals surface area contributed by atoms with E-state index in [9.17, 15) is 4.79 Å². The fourth-order valence-corrected chi connectivity index (χ4v) is 2.17. The lowest BCUT2D eigenvalue weighted by molar-refractivity contribution is 0.244. The number of pyridine rings is 1. The van der Waals surface area contributed by atoms with Crippen molar-refractivity contribution >= 4 is 11.8 Å². The maximum atomic E-state index is 11.8. The molecule has 5 heteroatoms. The number of nitriles is 1. The molecule has 1 heterocycles. The number of amides is 2. The summed E-state index contributed by atoms with van der Waals surface area (Å²) in [7, 11) is 0. The Kier molecular flexibility index (Phi) is 4.13. The Morgan fingerprint density at radius 2 is 2.17 bits per heavy atom. The van der Waals surface area contributed by atoms with E-state index in [4.69, 9.17) is 5.26 Å². The van der Waals surface area contributed by atoms with Crippen LogP contribution in [-0.2, 0) is 0 Å². The van der Waals surface area contributed by atoms with Gasteiger partial charge >= 0.3 is 6.03 Å². The van der Waals surface area contributed by atoms with Crippen molar-refractivity contribution in [2.24, 2.45) is 0 Å². The molecular formula is C13H16N4O. The lowest BCUT2D eigenvalue weighted by Gasteiger charge is -2.22. The van der Waals surface area contributed by atoms with Gasteiger partial charge in [0.2, 0.25) is 0 Å². The van der Waals surface area contributed by atoms with Gasteiger partial charge in [-0.15, -0.1) is 0 Å². The molecule has 1 aromatic heterocycles. The van der Waals surface area contributed by atoms with Crippen molar-refractivity contribution in [3.05, 3.63) is 23.9 Å². The van der Waals surface area contributed by atoms with E-state index in [0.717, 1.165) is 25.7 Å². The maximum Gasteiger partial charge on any atom is 0.320 e. The zero-order chi connectivity index (χ0) is 12.8. The second-order valence-electron chi connectivity index (χ2n) is 4.44. The third-order valence-electron chi connectivity index (χ3n) is 3.10. The molecule has 94 valence electrons. The Bertz CT molecular complexity index is 460. The normalized spacial score (nSPS) is 15.7. The van der Waals surface area contributed by atoms with E-state index in [-0.39, 0.29) is 12.1 Å². The fraction of sp³-hybridized carbons (Fsp3) is 0.462. The van der Waals surface area contributed by atoms with Crippen LogP contribution in [0.15, 0.2) is 18.3 Å². The topological polar surface area (TPSA) is 77.8 Å². The molecule has 2 amide bonds. The number of hydrogen-bond acceptors (Lipinski definition) is 3. The van der Waals surface area contributed by atoms with Crippen LogP contribution in [0.1, 0.15) is 37.7 Å². The highest BCUT2D eigenvalue weighted by Crippen LogP contribution is 2.17. The van der Waals surface area contributed by atoms with Crippen molar-refractivity contribution < 1.29 is 4.79 Å². The average Bonchev–Trinajstić information content (AvgIpc) is 2.40. The van der Waals surface area contributed by atoms with Crippen molar-refractivity contribution in [1.82, 2.24) is 10.3 Å². The highest BCUT2D eigenvalue weighted by molar-refractivity contribution is 5.89. The van der Waals surface area contributed by atoms with Gasteiger partial charge in [0, 0.05) is 12.2 Å². The minimum Gasteiger partial charge on any atom is -0.335 e. The van der Waals surface area contributed by atoms with Crippen LogP contribution < -0.4 is 10.6 Å². The van der Waals surface area contributed by atoms with E-state index in [1.54, 1.807) is 18.3 Å². The van der Waals surface area contributed by atoms with Gasteiger partial charge in [0.1, 0.15) is 6.07 Å². The van der Waals surface area contributed by atoms with Gasteiger partial charge in [-0.05, 0) is 25.0 Å². The number of urea groups is 1. The van der Waals surface area contributed by atoms with Crippen molar-refractivity contribution in [2.45, 2.75) is 38.1 Å². The van der Waals surface area contributed by atoms with E-state index in [2.05, 4.69) is 15.6 Å². The minimum absolute atomic E-state index is 0.244. The number of carbonyl (C=O) groups excluding carboxylic acids is 1. The smallest absolute Gasteiger partial charge is 0.320 e. The molecule has 0 aromatic carbocycles. The van der Waals surface area contributed by atoms with E-state index < -0.39 is 0 Å². The zero-order valence-corrected chi connectivity index (χ0v) is 10.1. The Morgan fingerprint density at radius 1 is 1.39 bits per heavy atom. The first-order valence-corrected chi connectivity index (χ1v) is 6.22. The SMILES string of the molecule is N#Cc1cccnc1NC(=O)NC1CCCCC1. The van der Waals surface area contributed by atoms with Crippen LogP contribution >= 0.6 is 0 Å². The van der Waals surface area contributed by atoms with Crippen molar-refractivity contribution in [3.8, 4) is 6.07 Å². The number of nitrogens with one attached hydrogen (secondary N) is 2. The molecule has 1 aliphatic rings. The van der Waals surface area contributed by atoms with Gasteiger partial charge in [0.25, 0.3) is 0 Å². The maximum absolute atomic E-state index is 11.8. The molecule has 0 radical (unpaired) electrons. The van der Waals surface area contributed by atoms with Crippen molar-refractivity contribution in [1.29, 1.82) is 5.26 Å². The fourth-order valence-electron chi connectivity index (χ4n) is 2.17. The second-order valence-corrected chi connectivity index (χ2v) is 4.44. The molecule has 0 spiro atoms. The summed E-state index contributed by atoms with van der Waals surface area (Å²) in [5, 5.41) is 14.4. The molecule has 1 saturated carbocycles. The highest BCUT2D eigenvalue weighted by atomic mass is 16.2. The number of anilines is 1. The Balaban J connectivity index is 1.92. The first-order valence-electron chi connectivity index (χ1n) is 6.22. The van der Waals surface area contributed by atoms with Crippen LogP contribution in [0.25, 0.3) is 0 Å². The summed E-state index contributed by atoms with van der Waals surface area (Å²) in [4.78, 5) is 15.8.